The highest BCUT2D eigenvalue weighted by molar-refractivity contribution is 7.99. The topological polar surface area (TPSA) is 0 Å². The molecule has 0 aromatic heterocycles. The van der Waals surface area contributed by atoms with Gasteiger partial charge in [-0.25, -0.2) is 0 Å². The van der Waals surface area contributed by atoms with Crippen LogP contribution in [0.4, 0.5) is 0 Å². The second-order valence-corrected chi connectivity index (χ2v) is 23.7. The molecule has 5 aromatic rings. The fraction of sp³-hybridized carbons (Fsp3) is 0.474. The van der Waals surface area contributed by atoms with Crippen LogP contribution in [0.25, 0.3) is 11.1 Å². The van der Waals surface area contributed by atoms with Crippen LogP contribution in [0.5, 0.6) is 0 Å². The van der Waals surface area contributed by atoms with Crippen LogP contribution in [-0.4, -0.2) is 0 Å². The summed E-state index contributed by atoms with van der Waals surface area (Å²) in [6.07, 6.45) is 12.0. The van der Waals surface area contributed by atoms with Gasteiger partial charge < -0.3 is 0 Å². The average molecular weight is 781 g/mol. The van der Waals surface area contributed by atoms with Crippen molar-refractivity contribution in [2.24, 2.45) is 23.7 Å². The Morgan fingerprint density at radius 2 is 0.948 bits per heavy atom. The second-order valence-electron chi connectivity index (χ2n) is 22.7. The van der Waals surface area contributed by atoms with Gasteiger partial charge in [-0.05, 0) is 183 Å². The highest BCUT2D eigenvalue weighted by atomic mass is 32.2. The molecular weight excluding hydrogens is 717 g/mol. The van der Waals surface area contributed by atoms with Crippen LogP contribution < -0.4 is 0 Å². The van der Waals surface area contributed by atoms with Crippen molar-refractivity contribution in [2.75, 3.05) is 0 Å². The SMILES string of the molecule is CC1(C)CCC(C)(C)c2cc(C(c3cc4c(c(-c5ccccc5)c3)C3(c5ccccc5S4)C4CC5CC(C4)CC3C5)c3ccc4c(c3)C(C)(C)CCC4(C)C)ccc21. The van der Waals surface area contributed by atoms with Gasteiger partial charge in [-0.2, -0.15) is 0 Å². The first-order chi connectivity index (χ1) is 27.7. The Kier molecular flexibility index (Phi) is 8.22. The van der Waals surface area contributed by atoms with Gasteiger partial charge in [0.1, 0.15) is 0 Å². The lowest BCUT2D eigenvalue weighted by atomic mass is 9.41. The average Bonchev–Trinajstić information content (AvgIpc) is 3.20. The molecular formula is C57H64S. The number of hydrogen-bond donors (Lipinski definition) is 0. The quantitative estimate of drug-likeness (QED) is 0.164. The van der Waals surface area contributed by atoms with Crippen LogP contribution in [0.2, 0.25) is 0 Å². The van der Waals surface area contributed by atoms with Crippen molar-refractivity contribution >= 4 is 11.8 Å². The highest BCUT2D eigenvalue weighted by Crippen LogP contribution is 2.70. The Hall–Kier alpha value is -3.55. The van der Waals surface area contributed by atoms with E-state index in [9.17, 15) is 0 Å². The molecule has 7 aliphatic rings. The lowest BCUT2D eigenvalue weighted by molar-refractivity contribution is -0.0441. The van der Waals surface area contributed by atoms with Gasteiger partial charge >= 0.3 is 0 Å². The number of benzene rings is 5. The van der Waals surface area contributed by atoms with Crippen molar-refractivity contribution in [1.29, 1.82) is 0 Å². The third-order valence-corrected chi connectivity index (χ3v) is 18.5. The summed E-state index contributed by atoms with van der Waals surface area (Å²) in [5.41, 5.74) is 17.5. The van der Waals surface area contributed by atoms with Gasteiger partial charge in [0.25, 0.3) is 0 Å². The molecule has 0 N–H and O–H groups in total. The maximum atomic E-state index is 2.71. The lowest BCUT2D eigenvalue weighted by Gasteiger charge is -2.63. The molecule has 5 aromatic carbocycles. The summed E-state index contributed by atoms with van der Waals surface area (Å²) in [5, 5.41) is 0. The molecule has 58 heavy (non-hydrogen) atoms. The number of rotatable bonds is 4. The molecule has 4 saturated carbocycles. The summed E-state index contributed by atoms with van der Waals surface area (Å²) in [6.45, 7) is 19.9. The number of fused-ring (bicyclic) bond motifs is 4. The molecule has 4 fully saturated rings. The minimum absolute atomic E-state index is 0.0760. The van der Waals surface area contributed by atoms with Crippen molar-refractivity contribution in [3.8, 4) is 11.1 Å². The van der Waals surface area contributed by atoms with Gasteiger partial charge in [-0.1, -0.05) is 152 Å². The first-order valence-electron chi connectivity index (χ1n) is 23.0. The van der Waals surface area contributed by atoms with Crippen molar-refractivity contribution in [2.45, 2.75) is 156 Å². The smallest absolute Gasteiger partial charge is 0.0340 e. The molecule has 1 heteroatoms. The van der Waals surface area contributed by atoms with Crippen LogP contribution >= 0.6 is 11.8 Å². The minimum Gasteiger partial charge on any atom is -0.0894 e. The second kappa shape index (κ2) is 12.7. The summed E-state index contributed by atoms with van der Waals surface area (Å²) < 4.78 is 0. The van der Waals surface area contributed by atoms with E-state index < -0.39 is 0 Å². The van der Waals surface area contributed by atoms with Crippen molar-refractivity contribution in [1.82, 2.24) is 0 Å². The van der Waals surface area contributed by atoms with Crippen molar-refractivity contribution in [3.05, 3.63) is 153 Å². The van der Waals surface area contributed by atoms with Gasteiger partial charge in [0.05, 0.1) is 0 Å². The fourth-order valence-electron chi connectivity index (χ4n) is 14.2. The monoisotopic (exact) mass is 780 g/mol. The summed E-state index contributed by atoms with van der Waals surface area (Å²) in [4.78, 5) is 3.03. The molecule has 1 heterocycles. The number of hydrogen-bond acceptors (Lipinski definition) is 1. The van der Waals surface area contributed by atoms with Crippen molar-refractivity contribution in [3.63, 3.8) is 0 Å². The van der Waals surface area contributed by atoms with Gasteiger partial charge in [0.15, 0.2) is 0 Å². The first kappa shape index (κ1) is 37.4. The maximum Gasteiger partial charge on any atom is 0.0340 e. The first-order valence-corrected chi connectivity index (χ1v) is 23.8. The van der Waals surface area contributed by atoms with Gasteiger partial charge in [-0.15, -0.1) is 0 Å². The molecule has 6 aliphatic carbocycles. The van der Waals surface area contributed by atoms with E-state index in [0.717, 1.165) is 11.8 Å². The predicted molar refractivity (Wildman–Crippen MR) is 245 cm³/mol. The molecule has 0 nitrogen and oxygen atoms in total. The Morgan fingerprint density at radius 3 is 1.50 bits per heavy atom. The zero-order chi connectivity index (χ0) is 40.0. The van der Waals surface area contributed by atoms with Crippen LogP contribution in [0.3, 0.4) is 0 Å². The molecule has 298 valence electrons. The molecule has 4 bridgehead atoms. The van der Waals surface area contributed by atoms with E-state index in [0.29, 0.717) is 11.8 Å². The standard InChI is InChI=1S/C57H64S/c1-53(2)22-24-55(5,6)47-32-38(18-20-44(47)53)51(39-19-21-45-48(33-39)56(7,8)25-23-54(45,3)4)40-31-43(37-14-10-9-11-15-37)52-50(34-40)58-49-17-13-12-16-46(49)57(52)41-27-35-26-36(29-41)30-42(57)28-35/h9-21,31-36,41-42,51H,22-30H2,1-8H3. The Balaban J connectivity index is 1.19. The molecule has 12 rings (SSSR count). The highest BCUT2D eigenvalue weighted by Gasteiger charge is 2.61. The van der Waals surface area contributed by atoms with Gasteiger partial charge in [0, 0.05) is 21.1 Å². The zero-order valence-corrected chi connectivity index (χ0v) is 37.3. The molecule has 1 aliphatic heterocycles. The van der Waals surface area contributed by atoms with E-state index in [1.807, 2.05) is 0 Å². The zero-order valence-electron chi connectivity index (χ0n) is 36.5. The van der Waals surface area contributed by atoms with Crippen LogP contribution in [-0.2, 0) is 27.1 Å². The Labute approximate surface area is 354 Å². The molecule has 0 radical (unpaired) electrons. The Bertz CT molecular complexity index is 2350. The molecule has 1 spiro atoms. The molecule has 0 amide bonds. The van der Waals surface area contributed by atoms with Crippen LogP contribution in [0, 0.1) is 23.7 Å². The van der Waals surface area contributed by atoms with Crippen molar-refractivity contribution < 1.29 is 0 Å². The van der Waals surface area contributed by atoms with E-state index in [2.05, 4.69) is 170 Å². The molecule has 0 unspecified atom stereocenters. The van der Waals surface area contributed by atoms with Crippen LogP contribution in [0.1, 0.15) is 169 Å². The van der Waals surface area contributed by atoms with Gasteiger partial charge in [0.2, 0.25) is 0 Å². The van der Waals surface area contributed by atoms with E-state index in [-0.39, 0.29) is 33.0 Å². The molecule has 0 atom stereocenters. The third kappa shape index (κ3) is 5.46. The fourth-order valence-corrected chi connectivity index (χ4v) is 15.5. The maximum absolute atomic E-state index is 2.71. The summed E-state index contributed by atoms with van der Waals surface area (Å²) in [6, 6.07) is 42.1. The summed E-state index contributed by atoms with van der Waals surface area (Å²) >= 11 is 2.08. The summed E-state index contributed by atoms with van der Waals surface area (Å²) in [7, 11) is 0. The van der Waals surface area contributed by atoms with E-state index in [1.54, 1.807) is 33.4 Å². The van der Waals surface area contributed by atoms with Gasteiger partial charge in [-0.3, -0.25) is 0 Å². The van der Waals surface area contributed by atoms with E-state index in [4.69, 9.17) is 0 Å². The van der Waals surface area contributed by atoms with E-state index >= 15 is 0 Å². The molecule has 0 saturated heterocycles. The lowest BCUT2D eigenvalue weighted by Crippen LogP contribution is -2.57. The largest absolute Gasteiger partial charge is 0.0894 e. The Morgan fingerprint density at radius 1 is 0.448 bits per heavy atom. The van der Waals surface area contributed by atoms with Crippen LogP contribution in [0.15, 0.2) is 113 Å². The van der Waals surface area contributed by atoms with E-state index in [1.165, 1.54) is 95.4 Å². The predicted octanol–water partition coefficient (Wildman–Crippen LogP) is 15.4. The third-order valence-electron chi connectivity index (χ3n) is 17.4. The summed E-state index contributed by atoms with van der Waals surface area (Å²) in [5.74, 6) is 3.38. The normalized spacial score (nSPS) is 28.8. The minimum atomic E-state index is 0.0760.